The molecule has 29 heavy (non-hydrogen) atoms. The molecule has 0 aliphatic carbocycles. The molecule has 3 heterocycles. The van der Waals surface area contributed by atoms with Gasteiger partial charge in [-0.15, -0.1) is 13.2 Å². The van der Waals surface area contributed by atoms with Crippen LogP contribution in [0.5, 0.6) is 0 Å². The number of carbonyl (C=O) groups is 1. The van der Waals surface area contributed by atoms with Crippen LogP contribution in [0.15, 0.2) is 11.1 Å². The minimum Gasteiger partial charge on any atom is -0.387 e. The Kier molecular flexibility index (Phi) is 5.65. The largest absolute Gasteiger partial charge is 0.523 e. The van der Waals surface area contributed by atoms with Crippen molar-refractivity contribution in [3.05, 3.63) is 16.7 Å². The molecule has 160 valence electrons. The number of amides is 1. The summed E-state index contributed by atoms with van der Waals surface area (Å²) in [5.74, 6) is -1.01. The van der Waals surface area contributed by atoms with E-state index in [-0.39, 0.29) is 23.5 Å². The van der Waals surface area contributed by atoms with Gasteiger partial charge in [0.25, 0.3) is 5.56 Å². The van der Waals surface area contributed by atoms with E-state index in [4.69, 9.17) is 4.74 Å². The average Bonchev–Trinajstić information content (AvgIpc) is 3.16. The molecule has 1 saturated heterocycles. The summed E-state index contributed by atoms with van der Waals surface area (Å²) in [6, 6.07) is 0. The molecule has 0 saturated carbocycles. The van der Waals surface area contributed by atoms with E-state index < -0.39 is 48.3 Å². The molecule has 4 atom stereocenters. The number of nitrogens with one attached hydrogen (secondary N) is 2. The van der Waals surface area contributed by atoms with Crippen LogP contribution in [-0.2, 0) is 14.3 Å². The average molecular weight is 419 g/mol. The molecule has 1 fully saturated rings. The lowest BCUT2D eigenvalue weighted by Crippen LogP contribution is -2.38. The number of rotatable bonds is 5. The van der Waals surface area contributed by atoms with Gasteiger partial charge in [0.15, 0.2) is 17.4 Å². The number of fused-ring (bicyclic) bond motifs is 1. The van der Waals surface area contributed by atoms with Gasteiger partial charge in [-0.25, -0.2) is 4.98 Å². The predicted molar refractivity (Wildman–Crippen MR) is 92.8 cm³/mol. The van der Waals surface area contributed by atoms with Crippen molar-refractivity contribution in [2.24, 2.45) is 5.92 Å². The highest BCUT2D eigenvalue weighted by molar-refractivity contribution is 5.91. The van der Waals surface area contributed by atoms with E-state index in [0.717, 1.165) is 10.9 Å². The van der Waals surface area contributed by atoms with Gasteiger partial charge >= 0.3 is 6.36 Å². The van der Waals surface area contributed by atoms with Crippen molar-refractivity contribution >= 4 is 23.0 Å². The van der Waals surface area contributed by atoms with E-state index in [1.165, 1.54) is 0 Å². The Labute approximate surface area is 162 Å². The van der Waals surface area contributed by atoms with Gasteiger partial charge in [-0.1, -0.05) is 20.8 Å². The lowest BCUT2D eigenvalue weighted by Gasteiger charge is -2.23. The number of halogens is 3. The van der Waals surface area contributed by atoms with Crippen LogP contribution in [0, 0.1) is 5.92 Å². The number of aromatic amines is 1. The molecule has 0 unspecified atom stereocenters. The van der Waals surface area contributed by atoms with Gasteiger partial charge in [0.2, 0.25) is 11.9 Å². The van der Waals surface area contributed by atoms with Crippen LogP contribution < -0.4 is 10.9 Å². The second-order valence-corrected chi connectivity index (χ2v) is 6.87. The van der Waals surface area contributed by atoms with Crippen molar-refractivity contribution in [1.29, 1.82) is 0 Å². The highest BCUT2D eigenvalue weighted by Gasteiger charge is 2.50. The summed E-state index contributed by atoms with van der Waals surface area (Å²) in [5, 5.41) is 12.6. The highest BCUT2D eigenvalue weighted by Crippen LogP contribution is 2.37. The summed E-state index contributed by atoms with van der Waals surface area (Å²) < 4.78 is 49.3. The summed E-state index contributed by atoms with van der Waals surface area (Å²) >= 11 is 0. The first-order valence-corrected chi connectivity index (χ1v) is 8.87. The number of aliphatic hydroxyl groups is 1. The number of imidazole rings is 1. The van der Waals surface area contributed by atoms with Crippen LogP contribution in [-0.4, -0.2) is 55.2 Å². The fourth-order valence-corrected chi connectivity index (χ4v) is 2.99. The smallest absolute Gasteiger partial charge is 0.387 e. The second kappa shape index (κ2) is 7.72. The number of carbonyl (C=O) groups excluding carboxylic acids is 1. The molecule has 2 aromatic rings. The maximum absolute atomic E-state index is 12.9. The standard InChI is InChI=1S/C16H20F3N5O5/c1-4-7-9(25)10(29-16(17,18)19)14(28-7)24-5-20-8-11(24)21-15(23-13(8)27)22-12(26)6(2)3/h5-7,9-10,14,25H,4H2,1-3H3,(H2,21,22,23,26,27)/t7-,9-,10-,14-/m1/s1. The van der Waals surface area contributed by atoms with Crippen LogP contribution in [0.25, 0.3) is 11.2 Å². The quantitative estimate of drug-likeness (QED) is 0.665. The van der Waals surface area contributed by atoms with E-state index in [9.17, 15) is 27.9 Å². The maximum atomic E-state index is 12.9. The first kappa shape index (κ1) is 21.2. The first-order chi connectivity index (χ1) is 13.5. The zero-order chi connectivity index (χ0) is 21.5. The van der Waals surface area contributed by atoms with Crippen LogP contribution in [0.2, 0.25) is 0 Å². The molecule has 0 radical (unpaired) electrons. The molecule has 1 aliphatic rings. The number of nitrogens with zero attached hydrogens (tertiary/aromatic N) is 3. The van der Waals surface area contributed by atoms with E-state index >= 15 is 0 Å². The van der Waals surface area contributed by atoms with Crippen molar-refractivity contribution < 1.29 is 32.5 Å². The van der Waals surface area contributed by atoms with Gasteiger partial charge in [0.1, 0.15) is 12.2 Å². The number of aliphatic hydroxyl groups excluding tert-OH is 1. The molecule has 0 spiro atoms. The molecule has 0 aromatic carbocycles. The highest BCUT2D eigenvalue weighted by atomic mass is 19.4. The number of H-pyrrole nitrogens is 1. The Hall–Kier alpha value is -2.51. The van der Waals surface area contributed by atoms with Crippen molar-refractivity contribution in [1.82, 2.24) is 19.5 Å². The van der Waals surface area contributed by atoms with Crippen molar-refractivity contribution in [2.75, 3.05) is 5.32 Å². The zero-order valence-electron chi connectivity index (χ0n) is 15.7. The SMILES string of the molecule is CC[C@H]1O[C@@H](n2cnc3c(=O)[nH]c(NC(=O)C(C)C)nc32)[C@H](OC(F)(F)F)[C@@H]1O. The Morgan fingerprint density at radius 2 is 2.17 bits per heavy atom. The summed E-state index contributed by atoms with van der Waals surface area (Å²) in [6.07, 6.45) is -9.45. The van der Waals surface area contributed by atoms with Gasteiger partial charge in [-0.05, 0) is 6.42 Å². The summed E-state index contributed by atoms with van der Waals surface area (Å²) in [5.41, 5.74) is -0.999. The fraction of sp³-hybridized carbons (Fsp3) is 0.625. The van der Waals surface area contributed by atoms with E-state index in [0.29, 0.717) is 0 Å². The van der Waals surface area contributed by atoms with Crippen molar-refractivity contribution in [3.8, 4) is 0 Å². The van der Waals surface area contributed by atoms with Gasteiger partial charge < -0.3 is 9.84 Å². The number of ether oxygens (including phenoxy) is 2. The molecule has 13 heteroatoms. The van der Waals surface area contributed by atoms with Gasteiger partial charge in [-0.3, -0.25) is 29.2 Å². The van der Waals surface area contributed by atoms with Crippen LogP contribution >= 0.6 is 0 Å². The van der Waals surface area contributed by atoms with Crippen molar-refractivity contribution in [2.45, 2.75) is 58.1 Å². The van der Waals surface area contributed by atoms with E-state index in [2.05, 4.69) is 25.0 Å². The zero-order valence-corrected chi connectivity index (χ0v) is 15.7. The molecule has 10 nitrogen and oxygen atoms in total. The van der Waals surface area contributed by atoms with Crippen LogP contribution in [0.1, 0.15) is 33.4 Å². The van der Waals surface area contributed by atoms with Crippen molar-refractivity contribution in [3.63, 3.8) is 0 Å². The minimum absolute atomic E-state index is 0.127. The third-order valence-corrected chi connectivity index (χ3v) is 4.46. The molecular formula is C16H20F3N5O5. The summed E-state index contributed by atoms with van der Waals surface area (Å²) in [6.45, 7) is 4.90. The molecule has 3 N–H and O–H groups in total. The molecule has 1 amide bonds. The minimum atomic E-state index is -5.02. The number of anilines is 1. The lowest BCUT2D eigenvalue weighted by atomic mass is 10.1. The Morgan fingerprint density at radius 3 is 2.76 bits per heavy atom. The van der Waals surface area contributed by atoms with Gasteiger partial charge in [-0.2, -0.15) is 4.98 Å². The summed E-state index contributed by atoms with van der Waals surface area (Å²) in [7, 11) is 0. The second-order valence-electron chi connectivity index (χ2n) is 6.87. The third kappa shape index (κ3) is 4.26. The summed E-state index contributed by atoms with van der Waals surface area (Å²) in [4.78, 5) is 34.4. The first-order valence-electron chi connectivity index (χ1n) is 8.87. The third-order valence-electron chi connectivity index (χ3n) is 4.46. The monoisotopic (exact) mass is 419 g/mol. The lowest BCUT2D eigenvalue weighted by molar-refractivity contribution is -0.355. The number of alkyl halides is 3. The normalized spacial score (nSPS) is 25.1. The number of aromatic nitrogens is 4. The molecular weight excluding hydrogens is 399 g/mol. The Bertz CT molecular complexity index is 957. The fourth-order valence-electron chi connectivity index (χ4n) is 2.99. The van der Waals surface area contributed by atoms with E-state index in [1.54, 1.807) is 20.8 Å². The van der Waals surface area contributed by atoms with E-state index in [1.807, 2.05) is 0 Å². The number of hydrogen-bond donors (Lipinski definition) is 3. The maximum Gasteiger partial charge on any atom is 0.523 e. The topological polar surface area (TPSA) is 131 Å². The molecule has 1 aliphatic heterocycles. The molecule has 3 rings (SSSR count). The Balaban J connectivity index is 2.04. The Morgan fingerprint density at radius 1 is 1.48 bits per heavy atom. The van der Waals surface area contributed by atoms with Crippen LogP contribution in [0.4, 0.5) is 19.1 Å². The predicted octanol–water partition coefficient (Wildman–Crippen LogP) is 1.29. The molecule has 0 bridgehead atoms. The van der Waals surface area contributed by atoms with Crippen LogP contribution in [0.3, 0.4) is 0 Å². The van der Waals surface area contributed by atoms with Gasteiger partial charge in [0.05, 0.1) is 12.4 Å². The molecule has 2 aromatic heterocycles. The number of hydrogen-bond acceptors (Lipinski definition) is 7. The van der Waals surface area contributed by atoms with Gasteiger partial charge in [0, 0.05) is 5.92 Å².